The maximum absolute atomic E-state index is 14.2. The van der Waals surface area contributed by atoms with Gasteiger partial charge in [-0.15, -0.1) is 11.3 Å². The summed E-state index contributed by atoms with van der Waals surface area (Å²) in [5.74, 6) is -1.55. The van der Waals surface area contributed by atoms with Crippen LogP contribution >= 0.6 is 11.3 Å². The minimum atomic E-state index is -0.403. The van der Waals surface area contributed by atoms with E-state index in [1.807, 2.05) is 0 Å². The Kier molecular flexibility index (Phi) is 4.41. The van der Waals surface area contributed by atoms with Crippen LogP contribution in [0, 0.1) is 12.7 Å². The van der Waals surface area contributed by atoms with Crippen LogP contribution in [0.2, 0.25) is 0 Å². The Morgan fingerprint density at radius 2 is 1.61 bits per heavy atom. The Balaban J connectivity index is 1.45. The van der Waals surface area contributed by atoms with E-state index in [0.717, 1.165) is 4.90 Å². The zero-order valence-corrected chi connectivity index (χ0v) is 17.1. The number of anilines is 2. The second kappa shape index (κ2) is 7.14. The van der Waals surface area contributed by atoms with E-state index in [2.05, 4.69) is 5.32 Å². The molecule has 152 valence electrons. The molecular formula is C24H15FN2O3S. The fraction of sp³-hybridized carbons (Fsp3) is 0.0417. The lowest BCUT2D eigenvalue weighted by molar-refractivity contribution is 0.0925. The molecule has 3 amide bonds. The monoisotopic (exact) mass is 430 g/mol. The van der Waals surface area contributed by atoms with E-state index in [-0.39, 0.29) is 11.7 Å². The van der Waals surface area contributed by atoms with E-state index < -0.39 is 11.8 Å². The van der Waals surface area contributed by atoms with Gasteiger partial charge in [-0.2, -0.15) is 0 Å². The van der Waals surface area contributed by atoms with Gasteiger partial charge in [-0.1, -0.05) is 24.3 Å². The number of carbonyl (C=O) groups is 3. The zero-order valence-electron chi connectivity index (χ0n) is 16.3. The van der Waals surface area contributed by atoms with Crippen LogP contribution in [0.15, 0.2) is 66.7 Å². The van der Waals surface area contributed by atoms with Crippen molar-refractivity contribution in [3.63, 3.8) is 0 Å². The first kappa shape index (κ1) is 19.1. The number of benzene rings is 3. The molecule has 0 fully saturated rings. The number of halogens is 1. The topological polar surface area (TPSA) is 66.5 Å². The van der Waals surface area contributed by atoms with Crippen molar-refractivity contribution in [1.82, 2.24) is 0 Å². The molecule has 1 N–H and O–H groups in total. The fourth-order valence-corrected chi connectivity index (χ4v) is 4.92. The smallest absolute Gasteiger partial charge is 0.266 e. The highest BCUT2D eigenvalue weighted by atomic mass is 32.1. The summed E-state index contributed by atoms with van der Waals surface area (Å²) >= 11 is 1.22. The van der Waals surface area contributed by atoms with Crippen LogP contribution < -0.4 is 10.2 Å². The van der Waals surface area contributed by atoms with Gasteiger partial charge < -0.3 is 5.32 Å². The Morgan fingerprint density at radius 1 is 0.935 bits per heavy atom. The van der Waals surface area contributed by atoms with Gasteiger partial charge >= 0.3 is 0 Å². The van der Waals surface area contributed by atoms with E-state index in [4.69, 9.17) is 0 Å². The molecule has 2 heterocycles. The zero-order chi connectivity index (χ0) is 21.7. The van der Waals surface area contributed by atoms with Crippen molar-refractivity contribution < 1.29 is 18.8 Å². The molecule has 0 spiro atoms. The van der Waals surface area contributed by atoms with Gasteiger partial charge in [-0.05, 0) is 55.0 Å². The van der Waals surface area contributed by atoms with Gasteiger partial charge in [-0.3, -0.25) is 14.4 Å². The number of imide groups is 1. The summed E-state index contributed by atoms with van der Waals surface area (Å²) in [6, 6.07) is 17.9. The van der Waals surface area contributed by atoms with Gasteiger partial charge in [0.1, 0.15) is 5.82 Å². The second-order valence-corrected chi connectivity index (χ2v) is 8.22. The van der Waals surface area contributed by atoms with Gasteiger partial charge in [-0.25, -0.2) is 9.29 Å². The molecule has 1 aliphatic heterocycles. The third kappa shape index (κ3) is 3.02. The molecule has 0 aliphatic carbocycles. The van der Waals surface area contributed by atoms with Crippen LogP contribution in [0.3, 0.4) is 0 Å². The Hall–Kier alpha value is -3.84. The average Bonchev–Trinajstić information content (AvgIpc) is 3.24. The highest BCUT2D eigenvalue weighted by molar-refractivity contribution is 7.21. The summed E-state index contributed by atoms with van der Waals surface area (Å²) < 4.78 is 14.9. The largest absolute Gasteiger partial charge is 0.321 e. The van der Waals surface area contributed by atoms with Crippen LogP contribution in [0.4, 0.5) is 15.8 Å². The number of hydrogen-bond acceptors (Lipinski definition) is 4. The van der Waals surface area contributed by atoms with E-state index in [1.165, 1.54) is 17.4 Å². The summed E-state index contributed by atoms with van der Waals surface area (Å²) in [6.45, 7) is 1.71. The van der Waals surface area contributed by atoms with Crippen molar-refractivity contribution in [1.29, 1.82) is 0 Å². The number of rotatable bonds is 3. The van der Waals surface area contributed by atoms with Crippen LogP contribution in [-0.4, -0.2) is 17.7 Å². The summed E-state index contributed by atoms with van der Waals surface area (Å²) in [7, 11) is 0. The minimum absolute atomic E-state index is 0.352. The number of amides is 3. The summed E-state index contributed by atoms with van der Waals surface area (Å²) in [5, 5.41) is 3.24. The van der Waals surface area contributed by atoms with E-state index >= 15 is 0 Å². The molecule has 1 aromatic heterocycles. The average molecular weight is 430 g/mol. The lowest BCUT2D eigenvalue weighted by atomic mass is 10.1. The van der Waals surface area contributed by atoms with E-state index in [0.29, 0.717) is 43.0 Å². The van der Waals surface area contributed by atoms with Crippen molar-refractivity contribution in [3.8, 4) is 0 Å². The number of carbonyl (C=O) groups excluding carboxylic acids is 3. The number of nitrogens with zero attached hydrogens (tertiary/aromatic N) is 1. The molecule has 1 aliphatic rings. The number of fused-ring (bicyclic) bond motifs is 2. The molecule has 0 unspecified atom stereocenters. The van der Waals surface area contributed by atoms with Gasteiger partial charge in [0.25, 0.3) is 17.7 Å². The number of aryl methyl sites for hydroxylation is 1. The first-order chi connectivity index (χ1) is 15.0. The Labute approximate surface area is 180 Å². The third-order valence-electron chi connectivity index (χ3n) is 5.27. The van der Waals surface area contributed by atoms with Gasteiger partial charge in [0.05, 0.1) is 21.7 Å². The molecule has 5 rings (SSSR count). The van der Waals surface area contributed by atoms with Gasteiger partial charge in [0.15, 0.2) is 0 Å². The Morgan fingerprint density at radius 3 is 2.29 bits per heavy atom. The Bertz CT molecular complexity index is 1370. The van der Waals surface area contributed by atoms with Crippen molar-refractivity contribution in [2.24, 2.45) is 0 Å². The molecule has 31 heavy (non-hydrogen) atoms. The second-order valence-electron chi connectivity index (χ2n) is 7.16. The summed E-state index contributed by atoms with van der Waals surface area (Å²) in [4.78, 5) is 39.8. The maximum atomic E-state index is 14.2. The predicted molar refractivity (Wildman–Crippen MR) is 118 cm³/mol. The molecule has 4 aromatic rings. The standard InChI is InChI=1S/C24H15FN2O3S/c1-13-20-18(25)10-5-11-19(20)31-21(13)22(28)26-14-6-4-7-15(12-14)27-23(29)16-8-2-3-9-17(16)24(27)30/h2-12H,1H3,(H,26,28). The van der Waals surface area contributed by atoms with E-state index in [9.17, 15) is 18.8 Å². The first-order valence-corrected chi connectivity index (χ1v) is 10.3. The molecular weight excluding hydrogens is 415 g/mol. The van der Waals surface area contributed by atoms with Crippen molar-refractivity contribution in [2.45, 2.75) is 6.92 Å². The number of hydrogen-bond donors (Lipinski definition) is 1. The van der Waals surface area contributed by atoms with Crippen molar-refractivity contribution in [2.75, 3.05) is 10.2 Å². The molecule has 5 nitrogen and oxygen atoms in total. The highest BCUT2D eigenvalue weighted by Crippen LogP contribution is 2.34. The molecule has 0 saturated heterocycles. The number of nitrogens with one attached hydrogen (secondary N) is 1. The van der Waals surface area contributed by atoms with Crippen LogP contribution in [0.5, 0.6) is 0 Å². The normalized spacial score (nSPS) is 13.0. The first-order valence-electron chi connectivity index (χ1n) is 9.52. The van der Waals surface area contributed by atoms with Crippen LogP contribution in [0.1, 0.15) is 36.0 Å². The third-order valence-corrected chi connectivity index (χ3v) is 6.52. The molecule has 0 saturated carbocycles. The summed E-state index contributed by atoms with van der Waals surface area (Å²) in [6.07, 6.45) is 0. The maximum Gasteiger partial charge on any atom is 0.266 e. The molecule has 7 heteroatoms. The van der Waals surface area contributed by atoms with Gasteiger partial charge in [0, 0.05) is 15.8 Å². The molecule has 3 aromatic carbocycles. The minimum Gasteiger partial charge on any atom is -0.321 e. The van der Waals surface area contributed by atoms with E-state index in [1.54, 1.807) is 67.6 Å². The lowest BCUT2D eigenvalue weighted by Gasteiger charge is -2.15. The van der Waals surface area contributed by atoms with Gasteiger partial charge in [0.2, 0.25) is 0 Å². The van der Waals surface area contributed by atoms with Crippen LogP contribution in [-0.2, 0) is 0 Å². The van der Waals surface area contributed by atoms with Crippen molar-refractivity contribution in [3.05, 3.63) is 94.1 Å². The highest BCUT2D eigenvalue weighted by Gasteiger charge is 2.36. The SMILES string of the molecule is Cc1c(C(=O)Nc2cccc(N3C(=O)c4ccccc4C3=O)c2)sc2cccc(F)c12. The summed E-state index contributed by atoms with van der Waals surface area (Å²) in [5.41, 5.74) is 2.07. The molecule has 0 radical (unpaired) electrons. The molecule has 0 atom stereocenters. The quantitative estimate of drug-likeness (QED) is 0.443. The predicted octanol–water partition coefficient (Wildman–Crippen LogP) is 5.40. The number of thiophene rings is 1. The fourth-order valence-electron chi connectivity index (χ4n) is 3.80. The van der Waals surface area contributed by atoms with Crippen LogP contribution in [0.25, 0.3) is 10.1 Å². The lowest BCUT2D eigenvalue weighted by Crippen LogP contribution is -2.29. The van der Waals surface area contributed by atoms with Crippen molar-refractivity contribution >= 4 is 50.5 Å². The molecule has 0 bridgehead atoms.